The third-order valence-corrected chi connectivity index (χ3v) is 4.46. The number of carboxylic acid groups (broad SMARTS) is 1. The van der Waals surface area contributed by atoms with Gasteiger partial charge >= 0.3 is 5.97 Å². The first-order chi connectivity index (χ1) is 12.5. The van der Waals surface area contributed by atoms with Gasteiger partial charge < -0.3 is 19.8 Å². The number of benzene rings is 2. The molecule has 1 aliphatic rings. The Bertz CT molecular complexity index is 848. The average molecular weight is 390 g/mol. The lowest BCUT2D eigenvalue weighted by molar-refractivity contribution is -0.146. The van der Waals surface area contributed by atoms with Crippen molar-refractivity contribution in [3.8, 4) is 5.75 Å². The van der Waals surface area contributed by atoms with Gasteiger partial charge in [-0.15, -0.1) is 12.4 Å². The highest BCUT2D eigenvalue weighted by molar-refractivity contribution is 5.86. The van der Waals surface area contributed by atoms with Gasteiger partial charge in [-0.25, -0.2) is 4.79 Å². The minimum Gasteiger partial charge on any atom is -0.488 e. The minimum absolute atomic E-state index is 0. The van der Waals surface area contributed by atoms with Gasteiger partial charge in [-0.2, -0.15) is 0 Å². The first-order valence-electron chi connectivity index (χ1n) is 8.58. The Hall–Kier alpha value is -2.34. The van der Waals surface area contributed by atoms with E-state index in [1.807, 2.05) is 32.3 Å². The Kier molecular flexibility index (Phi) is 7.02. The summed E-state index contributed by atoms with van der Waals surface area (Å²) < 4.78 is 5.95. The van der Waals surface area contributed by atoms with Gasteiger partial charge in [-0.1, -0.05) is 36.4 Å². The molecule has 0 amide bonds. The van der Waals surface area contributed by atoms with Crippen LogP contribution in [0.4, 0.5) is 0 Å². The van der Waals surface area contributed by atoms with Gasteiger partial charge in [0.25, 0.3) is 0 Å². The molecule has 0 aliphatic carbocycles. The number of fused-ring (bicyclic) bond motifs is 2. The van der Waals surface area contributed by atoms with Crippen molar-refractivity contribution in [2.75, 3.05) is 20.6 Å². The molecule has 5 nitrogen and oxygen atoms in total. The van der Waals surface area contributed by atoms with Crippen LogP contribution in [0, 0.1) is 0 Å². The van der Waals surface area contributed by atoms with Crippen LogP contribution in [0.3, 0.4) is 0 Å². The lowest BCUT2D eigenvalue weighted by atomic mass is 9.92. The van der Waals surface area contributed by atoms with E-state index >= 15 is 0 Å². The number of rotatable bonds is 5. The van der Waals surface area contributed by atoms with E-state index in [0.29, 0.717) is 17.9 Å². The van der Waals surface area contributed by atoms with Crippen LogP contribution >= 0.6 is 12.4 Å². The fraction of sp³-hybridized carbons (Fsp3) is 0.286. The molecule has 0 fully saturated rings. The Morgan fingerprint density at radius 1 is 1.22 bits per heavy atom. The first-order valence-corrected chi connectivity index (χ1v) is 8.58. The maximum atomic E-state index is 11.2. The van der Waals surface area contributed by atoms with E-state index < -0.39 is 12.1 Å². The molecular weight excluding hydrogens is 366 g/mol. The van der Waals surface area contributed by atoms with Gasteiger partial charge in [0.15, 0.2) is 6.10 Å². The van der Waals surface area contributed by atoms with Crippen LogP contribution in [0.1, 0.15) is 34.8 Å². The van der Waals surface area contributed by atoms with E-state index in [-0.39, 0.29) is 12.4 Å². The normalized spacial score (nSPS) is 15.2. The number of ether oxygens (including phenoxy) is 1. The number of carbonyl (C=O) groups is 1. The molecule has 0 bridgehead atoms. The maximum Gasteiger partial charge on any atom is 0.337 e. The Morgan fingerprint density at radius 2 is 1.96 bits per heavy atom. The highest BCUT2D eigenvalue weighted by atomic mass is 35.5. The second-order valence-electron chi connectivity index (χ2n) is 6.65. The number of aliphatic carboxylic acids is 1. The predicted octanol–water partition coefficient (Wildman–Crippen LogP) is 3.50. The molecule has 0 saturated carbocycles. The average Bonchev–Trinajstić information content (AvgIpc) is 2.78. The van der Waals surface area contributed by atoms with Crippen LogP contribution in [-0.2, 0) is 11.4 Å². The van der Waals surface area contributed by atoms with Crippen molar-refractivity contribution in [2.45, 2.75) is 19.1 Å². The Labute approximate surface area is 165 Å². The summed E-state index contributed by atoms with van der Waals surface area (Å²) in [5, 5.41) is 19.1. The monoisotopic (exact) mass is 389 g/mol. The molecule has 2 aromatic rings. The quantitative estimate of drug-likeness (QED) is 0.819. The molecule has 0 radical (unpaired) electrons. The molecule has 0 saturated heterocycles. The molecular formula is C21H24ClNO4. The molecule has 1 unspecified atom stereocenters. The van der Waals surface area contributed by atoms with Gasteiger partial charge in [-0.3, -0.25) is 0 Å². The number of aliphatic hydroxyl groups is 1. The second-order valence-corrected chi connectivity index (χ2v) is 6.65. The molecule has 1 heterocycles. The van der Waals surface area contributed by atoms with E-state index in [0.717, 1.165) is 35.2 Å². The molecule has 2 N–H and O–H groups in total. The molecule has 0 spiro atoms. The predicted molar refractivity (Wildman–Crippen MR) is 107 cm³/mol. The molecule has 144 valence electrons. The van der Waals surface area contributed by atoms with Crippen molar-refractivity contribution in [3.63, 3.8) is 0 Å². The zero-order chi connectivity index (χ0) is 18.7. The number of nitrogens with zero attached hydrogens (tertiary/aromatic N) is 1. The molecule has 6 heteroatoms. The summed E-state index contributed by atoms with van der Waals surface area (Å²) in [6.07, 6.45) is 1.45. The van der Waals surface area contributed by atoms with Crippen LogP contribution in [0.15, 0.2) is 48.5 Å². The molecule has 3 rings (SSSR count). The first kappa shape index (κ1) is 21.0. The summed E-state index contributed by atoms with van der Waals surface area (Å²) in [7, 11) is 4.05. The summed E-state index contributed by atoms with van der Waals surface area (Å²) in [5.74, 6) is -0.573. The van der Waals surface area contributed by atoms with Crippen molar-refractivity contribution in [1.82, 2.24) is 4.90 Å². The number of halogens is 1. The van der Waals surface area contributed by atoms with Crippen LogP contribution in [0.5, 0.6) is 5.75 Å². The highest BCUT2D eigenvalue weighted by Crippen LogP contribution is 2.38. The number of hydrogen-bond donors (Lipinski definition) is 2. The van der Waals surface area contributed by atoms with E-state index in [2.05, 4.69) is 17.0 Å². The van der Waals surface area contributed by atoms with Crippen LogP contribution in [0.2, 0.25) is 0 Å². The van der Waals surface area contributed by atoms with Crippen molar-refractivity contribution >= 4 is 23.9 Å². The zero-order valence-electron chi connectivity index (χ0n) is 15.4. The van der Waals surface area contributed by atoms with E-state index in [4.69, 9.17) is 9.84 Å². The van der Waals surface area contributed by atoms with Crippen LogP contribution in [0.25, 0.3) is 5.57 Å². The van der Waals surface area contributed by atoms with E-state index in [9.17, 15) is 9.90 Å². The SMILES string of the molecule is CN(C)CC/C=C1/c2ccccc2COc2ccc(C(O)C(=O)O)cc21.Cl. The fourth-order valence-corrected chi connectivity index (χ4v) is 3.09. The maximum absolute atomic E-state index is 11.2. The van der Waals surface area contributed by atoms with E-state index in [1.165, 1.54) is 0 Å². The molecule has 2 aromatic carbocycles. The van der Waals surface area contributed by atoms with Gasteiger partial charge in [-0.05, 0) is 54.9 Å². The summed E-state index contributed by atoms with van der Waals surface area (Å²) >= 11 is 0. The van der Waals surface area contributed by atoms with E-state index in [1.54, 1.807) is 18.2 Å². The van der Waals surface area contributed by atoms with Gasteiger partial charge in [0.1, 0.15) is 12.4 Å². The lowest BCUT2D eigenvalue weighted by Gasteiger charge is -2.14. The Morgan fingerprint density at radius 3 is 2.67 bits per heavy atom. The van der Waals surface area contributed by atoms with Gasteiger partial charge in [0.05, 0.1) is 0 Å². The summed E-state index contributed by atoms with van der Waals surface area (Å²) in [6, 6.07) is 13.1. The zero-order valence-corrected chi connectivity index (χ0v) is 16.2. The summed E-state index contributed by atoms with van der Waals surface area (Å²) in [4.78, 5) is 13.3. The lowest BCUT2D eigenvalue weighted by Crippen LogP contribution is -2.12. The molecule has 1 atom stereocenters. The standard InChI is InChI=1S/C21H23NO4.ClH/c1-22(2)11-5-8-17-16-7-4-3-6-15(16)13-26-19-10-9-14(12-18(17)19)20(23)21(24)25;/h3-4,6-10,12,20,23H,5,11,13H2,1-2H3,(H,24,25);1H/b17-8-;. The van der Waals surface area contributed by atoms with Crippen molar-refractivity contribution in [3.05, 3.63) is 70.8 Å². The third kappa shape index (κ3) is 4.69. The topological polar surface area (TPSA) is 70.0 Å². The molecule has 1 aliphatic heterocycles. The largest absolute Gasteiger partial charge is 0.488 e. The fourth-order valence-electron chi connectivity index (χ4n) is 3.09. The molecule has 0 aromatic heterocycles. The van der Waals surface area contributed by atoms with Gasteiger partial charge in [0, 0.05) is 12.1 Å². The minimum atomic E-state index is -1.55. The van der Waals surface area contributed by atoms with Crippen LogP contribution in [-0.4, -0.2) is 41.7 Å². The number of hydrogen-bond acceptors (Lipinski definition) is 4. The number of carboxylic acids is 1. The Balaban J connectivity index is 0.00000261. The highest BCUT2D eigenvalue weighted by Gasteiger charge is 2.22. The smallest absolute Gasteiger partial charge is 0.337 e. The third-order valence-electron chi connectivity index (χ3n) is 4.46. The van der Waals surface area contributed by atoms with Crippen LogP contribution < -0.4 is 4.74 Å². The summed E-state index contributed by atoms with van der Waals surface area (Å²) in [6.45, 7) is 1.36. The van der Waals surface area contributed by atoms with Crippen molar-refractivity contribution in [2.24, 2.45) is 0 Å². The summed E-state index contributed by atoms with van der Waals surface area (Å²) in [5.41, 5.74) is 4.32. The van der Waals surface area contributed by atoms with Crippen molar-refractivity contribution < 1.29 is 19.7 Å². The number of aliphatic hydroxyl groups excluding tert-OH is 1. The van der Waals surface area contributed by atoms with Gasteiger partial charge in [0.2, 0.25) is 0 Å². The second kappa shape index (κ2) is 9.04. The molecule has 27 heavy (non-hydrogen) atoms. The van der Waals surface area contributed by atoms with Crippen molar-refractivity contribution in [1.29, 1.82) is 0 Å².